The highest BCUT2D eigenvalue weighted by molar-refractivity contribution is 7.18. The van der Waals surface area contributed by atoms with Crippen LogP contribution in [-0.4, -0.2) is 29.4 Å². The van der Waals surface area contributed by atoms with Gasteiger partial charge in [0, 0.05) is 5.69 Å². The normalized spacial score (nSPS) is 12.5. The summed E-state index contributed by atoms with van der Waals surface area (Å²) >= 11 is 1.68. The van der Waals surface area contributed by atoms with Crippen LogP contribution in [0.2, 0.25) is 0 Å². The molecule has 1 amide bonds. The molecule has 4 nitrogen and oxygen atoms in total. The average Bonchev–Trinajstić information content (AvgIpc) is 3.05. The van der Waals surface area contributed by atoms with E-state index in [-0.39, 0.29) is 11.9 Å². The third-order valence-electron chi connectivity index (χ3n) is 4.37. The number of hydrogen-bond donors (Lipinski definition) is 1. The molecule has 0 saturated carbocycles. The molecule has 1 atom stereocenters. The van der Waals surface area contributed by atoms with Gasteiger partial charge in [-0.1, -0.05) is 31.2 Å². The molecule has 0 saturated heterocycles. The van der Waals surface area contributed by atoms with Gasteiger partial charge in [0.05, 0.1) is 22.8 Å². The van der Waals surface area contributed by atoms with Crippen molar-refractivity contribution in [3.8, 4) is 0 Å². The minimum atomic E-state index is -0.0142. The fourth-order valence-corrected chi connectivity index (χ4v) is 3.73. The zero-order chi connectivity index (χ0) is 17.8. The molecule has 0 aliphatic heterocycles. The van der Waals surface area contributed by atoms with E-state index in [2.05, 4.69) is 30.2 Å². The van der Waals surface area contributed by atoms with Crippen LogP contribution in [0, 0.1) is 0 Å². The van der Waals surface area contributed by atoms with E-state index in [4.69, 9.17) is 0 Å². The summed E-state index contributed by atoms with van der Waals surface area (Å²) in [6, 6.07) is 16.2. The molecule has 1 N–H and O–H groups in total. The number of nitrogens with zero attached hydrogens (tertiary/aromatic N) is 2. The standard InChI is InChI=1S/C20H23N3OS/c1-4-15-9-11-16(12-10-15)21-19(24)13-23(3)14(2)20-22-17-7-5-6-8-18(17)25-20/h5-12,14H,4,13H2,1-3H3,(H,21,24)/t14-/m0/s1. The highest BCUT2D eigenvalue weighted by Gasteiger charge is 2.18. The van der Waals surface area contributed by atoms with Crippen molar-refractivity contribution in [3.05, 3.63) is 59.1 Å². The first-order valence-electron chi connectivity index (χ1n) is 8.51. The van der Waals surface area contributed by atoms with Gasteiger partial charge in [0.2, 0.25) is 5.91 Å². The van der Waals surface area contributed by atoms with Crippen molar-refractivity contribution in [1.82, 2.24) is 9.88 Å². The van der Waals surface area contributed by atoms with E-state index in [1.54, 1.807) is 11.3 Å². The molecule has 5 heteroatoms. The predicted octanol–water partition coefficient (Wildman–Crippen LogP) is 4.49. The molecule has 1 heterocycles. The lowest BCUT2D eigenvalue weighted by Crippen LogP contribution is -2.32. The van der Waals surface area contributed by atoms with Gasteiger partial charge in [-0.3, -0.25) is 9.69 Å². The number of hydrogen-bond acceptors (Lipinski definition) is 4. The maximum Gasteiger partial charge on any atom is 0.238 e. The topological polar surface area (TPSA) is 45.2 Å². The van der Waals surface area contributed by atoms with E-state index in [1.807, 2.05) is 54.4 Å². The number of para-hydroxylation sites is 1. The van der Waals surface area contributed by atoms with Crippen LogP contribution < -0.4 is 5.32 Å². The Morgan fingerprint density at radius 2 is 1.92 bits per heavy atom. The number of aryl methyl sites for hydroxylation is 1. The van der Waals surface area contributed by atoms with Crippen molar-refractivity contribution in [1.29, 1.82) is 0 Å². The number of fused-ring (bicyclic) bond motifs is 1. The number of likely N-dealkylation sites (N-methyl/N-ethyl adjacent to an activating group) is 1. The Labute approximate surface area is 152 Å². The molecule has 0 unspecified atom stereocenters. The van der Waals surface area contributed by atoms with Gasteiger partial charge in [-0.15, -0.1) is 11.3 Å². The number of aromatic nitrogens is 1. The summed E-state index contributed by atoms with van der Waals surface area (Å²) < 4.78 is 1.18. The number of thiazole rings is 1. The van der Waals surface area contributed by atoms with Crippen LogP contribution in [0.3, 0.4) is 0 Å². The molecule has 2 aromatic carbocycles. The second kappa shape index (κ2) is 7.76. The lowest BCUT2D eigenvalue weighted by Gasteiger charge is -2.22. The van der Waals surface area contributed by atoms with Gasteiger partial charge < -0.3 is 5.32 Å². The number of carbonyl (C=O) groups excluding carboxylic acids is 1. The number of benzene rings is 2. The lowest BCUT2D eigenvalue weighted by atomic mass is 10.1. The number of rotatable bonds is 6. The van der Waals surface area contributed by atoms with Crippen molar-refractivity contribution >= 4 is 33.1 Å². The summed E-state index contributed by atoms with van der Waals surface area (Å²) in [4.78, 5) is 19.0. The zero-order valence-electron chi connectivity index (χ0n) is 14.8. The van der Waals surface area contributed by atoms with E-state index in [9.17, 15) is 4.79 Å². The van der Waals surface area contributed by atoms with Gasteiger partial charge >= 0.3 is 0 Å². The molecule has 0 aliphatic carbocycles. The summed E-state index contributed by atoms with van der Waals surface area (Å²) in [5, 5.41) is 3.99. The molecule has 130 valence electrons. The van der Waals surface area contributed by atoms with E-state index >= 15 is 0 Å². The second-order valence-electron chi connectivity index (χ2n) is 6.21. The monoisotopic (exact) mass is 353 g/mol. The fourth-order valence-electron chi connectivity index (χ4n) is 2.65. The SMILES string of the molecule is CCc1ccc(NC(=O)CN(C)[C@@H](C)c2nc3ccccc3s2)cc1. The first-order valence-corrected chi connectivity index (χ1v) is 9.33. The molecule has 0 aliphatic rings. The molecule has 1 aromatic heterocycles. The molecular weight excluding hydrogens is 330 g/mol. The van der Waals surface area contributed by atoms with Gasteiger partial charge in [-0.05, 0) is 50.2 Å². The molecule has 0 spiro atoms. The number of nitrogens with one attached hydrogen (secondary N) is 1. The van der Waals surface area contributed by atoms with Gasteiger partial charge in [-0.2, -0.15) is 0 Å². The Morgan fingerprint density at radius 1 is 1.20 bits per heavy atom. The van der Waals surface area contributed by atoms with E-state index < -0.39 is 0 Å². The predicted molar refractivity (Wildman–Crippen MR) is 105 cm³/mol. The van der Waals surface area contributed by atoms with Crippen molar-refractivity contribution in [3.63, 3.8) is 0 Å². The maximum absolute atomic E-state index is 12.3. The summed E-state index contributed by atoms with van der Waals surface area (Å²) in [6.45, 7) is 4.53. The Balaban J connectivity index is 1.61. The molecule has 0 bridgehead atoms. The first kappa shape index (κ1) is 17.6. The van der Waals surface area contributed by atoms with Gasteiger partial charge in [-0.25, -0.2) is 4.98 Å². The molecule has 3 aromatic rings. The van der Waals surface area contributed by atoms with Crippen LogP contribution >= 0.6 is 11.3 Å². The summed E-state index contributed by atoms with van der Waals surface area (Å²) in [5.74, 6) is -0.0142. The molecule has 0 fully saturated rings. The molecule has 0 radical (unpaired) electrons. The van der Waals surface area contributed by atoms with Crippen LogP contribution in [0.5, 0.6) is 0 Å². The summed E-state index contributed by atoms with van der Waals surface area (Å²) in [7, 11) is 1.95. The highest BCUT2D eigenvalue weighted by Crippen LogP contribution is 2.28. The number of carbonyl (C=O) groups is 1. The largest absolute Gasteiger partial charge is 0.325 e. The number of anilines is 1. The molecular formula is C20H23N3OS. The Kier molecular flexibility index (Phi) is 5.46. The summed E-state index contributed by atoms with van der Waals surface area (Å²) in [5.41, 5.74) is 3.12. The van der Waals surface area contributed by atoms with Gasteiger partial charge in [0.15, 0.2) is 0 Å². The number of amides is 1. The lowest BCUT2D eigenvalue weighted by molar-refractivity contribution is -0.117. The first-order chi connectivity index (χ1) is 12.1. The maximum atomic E-state index is 12.3. The minimum Gasteiger partial charge on any atom is -0.325 e. The third-order valence-corrected chi connectivity index (χ3v) is 5.57. The smallest absolute Gasteiger partial charge is 0.238 e. The van der Waals surface area contributed by atoms with Crippen molar-refractivity contribution in [2.75, 3.05) is 18.9 Å². The Morgan fingerprint density at radius 3 is 2.60 bits per heavy atom. The molecule has 3 rings (SSSR count). The van der Waals surface area contributed by atoms with Gasteiger partial charge in [0.1, 0.15) is 5.01 Å². The Hall–Kier alpha value is -2.24. The van der Waals surface area contributed by atoms with Crippen LogP contribution in [0.25, 0.3) is 10.2 Å². The Bertz CT molecular complexity index is 824. The van der Waals surface area contributed by atoms with E-state index in [0.717, 1.165) is 22.6 Å². The van der Waals surface area contributed by atoms with E-state index in [1.165, 1.54) is 10.3 Å². The minimum absolute atomic E-state index is 0.0142. The van der Waals surface area contributed by atoms with E-state index in [0.29, 0.717) is 6.54 Å². The van der Waals surface area contributed by atoms with Crippen LogP contribution in [0.1, 0.15) is 30.5 Å². The van der Waals surface area contributed by atoms with Crippen molar-refractivity contribution in [2.45, 2.75) is 26.3 Å². The zero-order valence-corrected chi connectivity index (χ0v) is 15.6. The average molecular weight is 353 g/mol. The van der Waals surface area contributed by atoms with Crippen LogP contribution in [-0.2, 0) is 11.2 Å². The highest BCUT2D eigenvalue weighted by atomic mass is 32.1. The van der Waals surface area contributed by atoms with Crippen LogP contribution in [0.15, 0.2) is 48.5 Å². The van der Waals surface area contributed by atoms with Crippen molar-refractivity contribution < 1.29 is 4.79 Å². The van der Waals surface area contributed by atoms with Gasteiger partial charge in [0.25, 0.3) is 0 Å². The molecule has 25 heavy (non-hydrogen) atoms. The second-order valence-corrected chi connectivity index (χ2v) is 7.27. The van der Waals surface area contributed by atoms with Crippen LogP contribution in [0.4, 0.5) is 5.69 Å². The third kappa shape index (κ3) is 4.24. The quantitative estimate of drug-likeness (QED) is 0.710. The fraction of sp³-hybridized carbons (Fsp3) is 0.300. The van der Waals surface area contributed by atoms with Crippen molar-refractivity contribution in [2.24, 2.45) is 0 Å². The summed E-state index contributed by atoms with van der Waals surface area (Å²) in [6.07, 6.45) is 0.997.